The first-order valence-electron chi connectivity index (χ1n) is 11.4. The Hall–Kier alpha value is -4.44. The molecule has 3 aromatic rings. The van der Waals surface area contributed by atoms with Crippen LogP contribution in [0.5, 0.6) is 23.0 Å². The Kier molecular flexibility index (Phi) is 7.22. The van der Waals surface area contributed by atoms with Gasteiger partial charge in [0.1, 0.15) is 40.2 Å². The Morgan fingerprint density at radius 1 is 1.03 bits per heavy atom. The highest BCUT2D eigenvalue weighted by atomic mass is 16.5. The minimum Gasteiger partial charge on any atom is -0.494 e. The Labute approximate surface area is 204 Å². The van der Waals surface area contributed by atoms with E-state index >= 15 is 0 Å². The van der Waals surface area contributed by atoms with E-state index < -0.39 is 11.9 Å². The normalized spacial score (nSPS) is 14.4. The number of fused-ring (bicyclic) bond motifs is 1. The first kappa shape index (κ1) is 23.7. The van der Waals surface area contributed by atoms with Crippen LogP contribution in [0.3, 0.4) is 0 Å². The molecular weight excluding hydrogens is 444 g/mol. The smallest absolute Gasteiger partial charge is 0.347 e. The molecule has 1 aliphatic heterocycles. The van der Waals surface area contributed by atoms with E-state index in [0.29, 0.717) is 35.8 Å². The van der Waals surface area contributed by atoms with Gasteiger partial charge in [-0.1, -0.05) is 37.3 Å². The Bertz CT molecular complexity index is 1290. The van der Waals surface area contributed by atoms with Crippen molar-refractivity contribution >= 4 is 5.97 Å². The number of para-hydroxylation sites is 1. The first-order chi connectivity index (χ1) is 17.0. The minimum absolute atomic E-state index is 0.0153. The number of carbonyl (C=O) groups is 1. The molecule has 0 bridgehead atoms. The molecule has 0 aliphatic carbocycles. The molecule has 4 rings (SSSR count). The van der Waals surface area contributed by atoms with Crippen molar-refractivity contribution in [1.29, 1.82) is 5.26 Å². The summed E-state index contributed by atoms with van der Waals surface area (Å²) in [4.78, 5) is 12.8. The van der Waals surface area contributed by atoms with E-state index in [9.17, 15) is 10.1 Å². The van der Waals surface area contributed by atoms with Crippen molar-refractivity contribution in [3.05, 3.63) is 94.9 Å². The molecule has 178 valence electrons. The number of benzene rings is 3. The highest BCUT2D eigenvalue weighted by Gasteiger charge is 2.31. The molecule has 1 atom stereocenters. The maximum atomic E-state index is 12.8. The van der Waals surface area contributed by atoms with Gasteiger partial charge in [-0.25, -0.2) is 4.79 Å². The van der Waals surface area contributed by atoms with Crippen LogP contribution in [0.2, 0.25) is 0 Å². The average Bonchev–Trinajstić information content (AvgIpc) is 2.87. The van der Waals surface area contributed by atoms with Crippen LogP contribution in [-0.2, 0) is 0 Å². The molecule has 0 aromatic heterocycles. The molecule has 1 unspecified atom stereocenters. The van der Waals surface area contributed by atoms with Gasteiger partial charge in [0, 0.05) is 11.6 Å². The third-order valence-corrected chi connectivity index (χ3v) is 5.49. The summed E-state index contributed by atoms with van der Waals surface area (Å²) in [6, 6.07) is 21.7. The summed E-state index contributed by atoms with van der Waals surface area (Å²) in [5, 5.41) is 9.79. The van der Waals surface area contributed by atoms with Crippen LogP contribution in [0.4, 0.5) is 0 Å². The summed E-state index contributed by atoms with van der Waals surface area (Å²) in [7, 11) is 0. The van der Waals surface area contributed by atoms with Gasteiger partial charge < -0.3 is 24.7 Å². The zero-order chi connectivity index (χ0) is 24.8. The maximum Gasteiger partial charge on any atom is 0.347 e. The summed E-state index contributed by atoms with van der Waals surface area (Å²) in [5.41, 5.74) is 8.36. The second-order valence-corrected chi connectivity index (χ2v) is 7.86. The number of nitrogens with zero attached hydrogens (tertiary/aromatic N) is 1. The highest BCUT2D eigenvalue weighted by Crippen LogP contribution is 2.43. The van der Waals surface area contributed by atoms with Crippen molar-refractivity contribution in [1.82, 2.24) is 0 Å². The maximum absolute atomic E-state index is 12.8. The number of carbonyl (C=O) groups excluding carboxylic acids is 1. The van der Waals surface area contributed by atoms with Crippen LogP contribution in [0.1, 0.15) is 47.7 Å². The Balaban J connectivity index is 1.63. The van der Waals surface area contributed by atoms with Gasteiger partial charge in [0.05, 0.1) is 19.1 Å². The van der Waals surface area contributed by atoms with Crippen LogP contribution < -0.4 is 24.7 Å². The monoisotopic (exact) mass is 470 g/mol. The van der Waals surface area contributed by atoms with Crippen molar-refractivity contribution in [3.63, 3.8) is 0 Å². The van der Waals surface area contributed by atoms with Gasteiger partial charge in [0.2, 0.25) is 5.88 Å². The van der Waals surface area contributed by atoms with Gasteiger partial charge in [0.25, 0.3) is 0 Å². The molecule has 1 heterocycles. The Morgan fingerprint density at radius 3 is 2.49 bits per heavy atom. The number of esters is 1. The summed E-state index contributed by atoms with van der Waals surface area (Å²) in [5.74, 6) is 0.954. The molecule has 35 heavy (non-hydrogen) atoms. The number of nitrogens with two attached hydrogens (primary N) is 1. The predicted octanol–water partition coefficient (Wildman–Crippen LogP) is 5.31. The topological polar surface area (TPSA) is 104 Å². The standard InChI is InChI=1S/C28H26N2O5/c1-3-15-33-19-11-9-18(10-12-19)26-21-14-13-20(16-25(21)35-27(30)23(26)17-29)34-28(31)22-7-5-6-8-24(22)32-4-2/h5-14,16,26H,3-4,15,30H2,1-2H3. The molecule has 0 amide bonds. The van der Waals surface area contributed by atoms with Crippen molar-refractivity contribution in [2.45, 2.75) is 26.2 Å². The zero-order valence-electron chi connectivity index (χ0n) is 19.6. The van der Waals surface area contributed by atoms with E-state index in [1.807, 2.05) is 38.1 Å². The van der Waals surface area contributed by atoms with Gasteiger partial charge in [0.15, 0.2) is 0 Å². The van der Waals surface area contributed by atoms with Crippen molar-refractivity contribution in [2.75, 3.05) is 13.2 Å². The van der Waals surface area contributed by atoms with E-state index in [0.717, 1.165) is 23.3 Å². The lowest BCUT2D eigenvalue weighted by atomic mass is 9.83. The minimum atomic E-state index is -0.551. The molecule has 3 aromatic carbocycles. The Morgan fingerprint density at radius 2 is 1.77 bits per heavy atom. The molecule has 7 heteroatoms. The summed E-state index contributed by atoms with van der Waals surface area (Å²) >= 11 is 0. The molecule has 1 aliphatic rings. The van der Waals surface area contributed by atoms with Gasteiger partial charge >= 0.3 is 5.97 Å². The van der Waals surface area contributed by atoms with E-state index in [-0.39, 0.29) is 11.6 Å². The number of allylic oxidation sites excluding steroid dienone is 1. The fourth-order valence-corrected chi connectivity index (χ4v) is 3.90. The fourth-order valence-electron chi connectivity index (χ4n) is 3.90. The molecule has 0 radical (unpaired) electrons. The highest BCUT2D eigenvalue weighted by molar-refractivity contribution is 5.94. The number of ether oxygens (including phenoxy) is 4. The lowest BCUT2D eigenvalue weighted by Gasteiger charge is -2.27. The quantitative estimate of drug-likeness (QED) is 0.351. The molecule has 0 saturated carbocycles. The summed E-state index contributed by atoms with van der Waals surface area (Å²) < 4.78 is 22.5. The lowest BCUT2D eigenvalue weighted by Crippen LogP contribution is -2.21. The zero-order valence-corrected chi connectivity index (χ0v) is 19.6. The number of hydrogen-bond acceptors (Lipinski definition) is 7. The third kappa shape index (κ3) is 5.07. The summed E-state index contributed by atoms with van der Waals surface area (Å²) in [6.45, 7) is 4.95. The lowest BCUT2D eigenvalue weighted by molar-refractivity contribution is 0.0730. The largest absolute Gasteiger partial charge is 0.494 e. The van der Waals surface area contributed by atoms with Gasteiger partial charge in [-0.05, 0) is 49.2 Å². The second-order valence-electron chi connectivity index (χ2n) is 7.86. The van der Waals surface area contributed by atoms with Crippen molar-refractivity contribution < 1.29 is 23.7 Å². The van der Waals surface area contributed by atoms with Gasteiger partial charge in [-0.15, -0.1) is 0 Å². The predicted molar refractivity (Wildman–Crippen MR) is 131 cm³/mol. The van der Waals surface area contributed by atoms with Crippen molar-refractivity contribution in [3.8, 4) is 29.1 Å². The SMILES string of the molecule is CCCOc1ccc(C2C(C#N)=C(N)Oc3cc(OC(=O)c4ccccc4OCC)ccc32)cc1. The van der Waals surface area contributed by atoms with Gasteiger partial charge in [-0.2, -0.15) is 5.26 Å². The summed E-state index contributed by atoms with van der Waals surface area (Å²) in [6.07, 6.45) is 0.914. The molecule has 7 nitrogen and oxygen atoms in total. The third-order valence-electron chi connectivity index (χ3n) is 5.49. The van der Waals surface area contributed by atoms with E-state index in [1.54, 1.807) is 42.5 Å². The van der Waals surface area contributed by atoms with Crippen LogP contribution >= 0.6 is 0 Å². The van der Waals surface area contributed by atoms with Crippen LogP contribution in [-0.4, -0.2) is 19.2 Å². The molecular formula is C28H26N2O5. The fraction of sp³-hybridized carbons (Fsp3) is 0.214. The van der Waals surface area contributed by atoms with E-state index in [4.69, 9.17) is 24.7 Å². The second kappa shape index (κ2) is 10.7. The van der Waals surface area contributed by atoms with Crippen LogP contribution in [0, 0.1) is 11.3 Å². The van der Waals surface area contributed by atoms with Gasteiger partial charge in [-0.3, -0.25) is 0 Å². The first-order valence-corrected chi connectivity index (χ1v) is 11.4. The van der Waals surface area contributed by atoms with Crippen LogP contribution in [0.25, 0.3) is 0 Å². The molecule has 2 N–H and O–H groups in total. The molecule has 0 spiro atoms. The van der Waals surface area contributed by atoms with Crippen LogP contribution in [0.15, 0.2) is 78.2 Å². The number of hydrogen-bond donors (Lipinski definition) is 1. The number of nitriles is 1. The van der Waals surface area contributed by atoms with E-state index in [1.165, 1.54) is 0 Å². The molecule has 0 saturated heterocycles. The molecule has 0 fully saturated rings. The average molecular weight is 471 g/mol. The van der Waals surface area contributed by atoms with Crippen molar-refractivity contribution in [2.24, 2.45) is 5.73 Å². The van der Waals surface area contributed by atoms with E-state index in [2.05, 4.69) is 6.07 Å². The number of rotatable bonds is 8.